The van der Waals surface area contributed by atoms with Crippen LogP contribution >= 0.6 is 15.9 Å². The molecule has 1 aromatic carbocycles. The Morgan fingerprint density at radius 3 is 2.71 bits per heavy atom. The summed E-state index contributed by atoms with van der Waals surface area (Å²) in [6, 6.07) is 9.91. The molecule has 0 fully saturated rings. The molecule has 2 aromatic rings. The first-order valence-corrected chi connectivity index (χ1v) is 5.99. The second-order valence-corrected chi connectivity index (χ2v) is 4.51. The predicted molar refractivity (Wildman–Crippen MR) is 73.0 cm³/mol. The van der Waals surface area contributed by atoms with Crippen LogP contribution < -0.4 is 9.64 Å². The number of benzene rings is 1. The Hall–Kier alpha value is -1.55. The molecule has 0 spiro atoms. The lowest BCUT2D eigenvalue weighted by molar-refractivity contribution is 0.415. The van der Waals surface area contributed by atoms with Gasteiger partial charge in [0, 0.05) is 17.7 Å². The van der Waals surface area contributed by atoms with Gasteiger partial charge in [-0.3, -0.25) is 4.98 Å². The molecule has 1 aromatic heterocycles. The van der Waals surface area contributed by atoms with Crippen LogP contribution in [0.4, 0.5) is 11.4 Å². The van der Waals surface area contributed by atoms with E-state index in [0.717, 1.165) is 21.6 Å². The van der Waals surface area contributed by atoms with Gasteiger partial charge in [-0.1, -0.05) is 12.1 Å². The molecule has 2 rings (SSSR count). The summed E-state index contributed by atoms with van der Waals surface area (Å²) < 4.78 is 6.30. The maximum Gasteiger partial charge on any atom is 0.142 e. The molecular formula is C13H13BrN2O. The van der Waals surface area contributed by atoms with E-state index in [-0.39, 0.29) is 0 Å². The van der Waals surface area contributed by atoms with Crippen molar-refractivity contribution in [1.82, 2.24) is 4.98 Å². The van der Waals surface area contributed by atoms with Crippen LogP contribution in [0, 0.1) is 0 Å². The number of rotatable bonds is 3. The number of ether oxygens (including phenoxy) is 1. The molecule has 0 bridgehead atoms. The monoisotopic (exact) mass is 292 g/mol. The fraction of sp³-hybridized carbons (Fsp3) is 0.154. The number of aromatic nitrogens is 1. The van der Waals surface area contributed by atoms with Crippen molar-refractivity contribution in [2.75, 3.05) is 19.1 Å². The number of pyridine rings is 1. The topological polar surface area (TPSA) is 25.4 Å². The first-order valence-electron chi connectivity index (χ1n) is 5.19. The summed E-state index contributed by atoms with van der Waals surface area (Å²) in [4.78, 5) is 6.20. The van der Waals surface area contributed by atoms with E-state index in [4.69, 9.17) is 4.74 Å². The van der Waals surface area contributed by atoms with Crippen molar-refractivity contribution >= 4 is 27.3 Å². The van der Waals surface area contributed by atoms with Gasteiger partial charge in [0.1, 0.15) is 5.75 Å². The third-order valence-electron chi connectivity index (χ3n) is 2.52. The number of hydrogen-bond acceptors (Lipinski definition) is 3. The van der Waals surface area contributed by atoms with Crippen LogP contribution in [0.25, 0.3) is 0 Å². The van der Waals surface area contributed by atoms with E-state index in [1.165, 1.54) is 0 Å². The Kier molecular flexibility index (Phi) is 3.64. The predicted octanol–water partition coefficient (Wildman–Crippen LogP) is 3.62. The molecule has 0 aliphatic carbocycles. The van der Waals surface area contributed by atoms with E-state index in [2.05, 4.69) is 20.9 Å². The van der Waals surface area contributed by atoms with Gasteiger partial charge < -0.3 is 9.64 Å². The minimum atomic E-state index is 0.843. The molecule has 4 heteroatoms. The van der Waals surface area contributed by atoms with Gasteiger partial charge in [-0.15, -0.1) is 0 Å². The Labute approximate surface area is 109 Å². The highest BCUT2D eigenvalue weighted by Crippen LogP contribution is 2.32. The highest BCUT2D eigenvalue weighted by molar-refractivity contribution is 9.10. The molecule has 0 atom stereocenters. The van der Waals surface area contributed by atoms with Crippen molar-refractivity contribution in [3.05, 3.63) is 47.2 Å². The fourth-order valence-electron chi connectivity index (χ4n) is 1.63. The number of methoxy groups -OCH3 is 1. The van der Waals surface area contributed by atoms with Crippen molar-refractivity contribution in [3.8, 4) is 5.75 Å². The number of hydrogen-bond donors (Lipinski definition) is 0. The normalized spacial score (nSPS) is 10.1. The molecule has 0 unspecified atom stereocenters. The zero-order valence-electron chi connectivity index (χ0n) is 9.72. The summed E-state index contributed by atoms with van der Waals surface area (Å²) in [7, 11) is 3.66. The van der Waals surface area contributed by atoms with Gasteiger partial charge in [0.05, 0.1) is 24.7 Å². The highest BCUT2D eigenvalue weighted by atomic mass is 79.9. The second kappa shape index (κ2) is 5.19. The van der Waals surface area contributed by atoms with E-state index in [9.17, 15) is 0 Å². The summed E-state index contributed by atoms with van der Waals surface area (Å²) in [6.07, 6.45) is 3.58. The summed E-state index contributed by atoms with van der Waals surface area (Å²) >= 11 is 3.42. The third-order valence-corrected chi connectivity index (χ3v) is 2.96. The van der Waals surface area contributed by atoms with Crippen molar-refractivity contribution in [3.63, 3.8) is 0 Å². The van der Waals surface area contributed by atoms with Crippen molar-refractivity contribution in [1.29, 1.82) is 0 Å². The Balaban J connectivity index is 2.40. The zero-order valence-corrected chi connectivity index (χ0v) is 11.3. The van der Waals surface area contributed by atoms with Crippen molar-refractivity contribution < 1.29 is 4.74 Å². The van der Waals surface area contributed by atoms with Gasteiger partial charge in [-0.05, 0) is 34.1 Å². The summed E-state index contributed by atoms with van der Waals surface area (Å²) in [6.45, 7) is 0. The Morgan fingerprint density at radius 2 is 2.00 bits per heavy atom. The molecule has 17 heavy (non-hydrogen) atoms. The van der Waals surface area contributed by atoms with E-state index >= 15 is 0 Å². The van der Waals surface area contributed by atoms with Gasteiger partial charge in [-0.2, -0.15) is 0 Å². The maximum atomic E-state index is 5.34. The SMILES string of the molecule is COc1ccccc1N(C)c1cncc(Br)c1. The highest BCUT2D eigenvalue weighted by Gasteiger charge is 2.09. The van der Waals surface area contributed by atoms with Crippen LogP contribution in [0.5, 0.6) is 5.75 Å². The minimum absolute atomic E-state index is 0.843. The van der Waals surface area contributed by atoms with Crippen LogP contribution in [-0.2, 0) is 0 Å². The molecule has 0 aliphatic rings. The van der Waals surface area contributed by atoms with Gasteiger partial charge in [0.25, 0.3) is 0 Å². The standard InChI is InChI=1S/C13H13BrN2O/c1-16(11-7-10(14)8-15-9-11)12-5-3-4-6-13(12)17-2/h3-9H,1-2H3. The average molecular weight is 293 g/mol. The number of nitrogens with zero attached hydrogens (tertiary/aromatic N) is 2. The second-order valence-electron chi connectivity index (χ2n) is 3.59. The molecule has 0 saturated heterocycles. The van der Waals surface area contributed by atoms with Gasteiger partial charge in [-0.25, -0.2) is 0 Å². The molecular weight excluding hydrogens is 280 g/mol. The molecule has 0 N–H and O–H groups in total. The zero-order chi connectivity index (χ0) is 12.3. The number of anilines is 2. The smallest absolute Gasteiger partial charge is 0.142 e. The molecule has 3 nitrogen and oxygen atoms in total. The number of halogens is 1. The van der Waals surface area contributed by atoms with Gasteiger partial charge in [0.2, 0.25) is 0 Å². The van der Waals surface area contributed by atoms with Gasteiger partial charge >= 0.3 is 0 Å². The number of para-hydroxylation sites is 2. The lowest BCUT2D eigenvalue weighted by Gasteiger charge is -2.21. The summed E-state index contributed by atoms with van der Waals surface area (Å²) in [5.41, 5.74) is 2.01. The van der Waals surface area contributed by atoms with Crippen molar-refractivity contribution in [2.24, 2.45) is 0 Å². The molecule has 1 heterocycles. The average Bonchev–Trinajstić information content (AvgIpc) is 2.38. The summed E-state index contributed by atoms with van der Waals surface area (Å²) in [5, 5.41) is 0. The quantitative estimate of drug-likeness (QED) is 0.864. The lowest BCUT2D eigenvalue weighted by Crippen LogP contribution is -2.10. The van der Waals surface area contributed by atoms with E-state index in [1.54, 1.807) is 13.3 Å². The van der Waals surface area contributed by atoms with Crippen LogP contribution in [0.3, 0.4) is 0 Å². The van der Waals surface area contributed by atoms with Gasteiger partial charge in [0.15, 0.2) is 0 Å². The fourth-order valence-corrected chi connectivity index (χ4v) is 1.98. The van der Waals surface area contributed by atoms with Crippen LogP contribution in [0.15, 0.2) is 47.2 Å². The first-order chi connectivity index (χ1) is 8.22. The minimum Gasteiger partial charge on any atom is -0.495 e. The molecule has 0 saturated carbocycles. The first kappa shape index (κ1) is 11.9. The maximum absolute atomic E-state index is 5.34. The largest absolute Gasteiger partial charge is 0.495 e. The molecule has 0 aliphatic heterocycles. The third kappa shape index (κ3) is 2.58. The van der Waals surface area contributed by atoms with Crippen LogP contribution in [0.2, 0.25) is 0 Å². The Bertz CT molecular complexity index is 516. The van der Waals surface area contributed by atoms with E-state index in [1.807, 2.05) is 48.5 Å². The van der Waals surface area contributed by atoms with E-state index < -0.39 is 0 Å². The molecule has 0 amide bonds. The van der Waals surface area contributed by atoms with Crippen LogP contribution in [0.1, 0.15) is 0 Å². The van der Waals surface area contributed by atoms with E-state index in [0.29, 0.717) is 0 Å². The molecule has 0 radical (unpaired) electrons. The van der Waals surface area contributed by atoms with Crippen molar-refractivity contribution in [2.45, 2.75) is 0 Å². The lowest BCUT2D eigenvalue weighted by atomic mass is 10.2. The Morgan fingerprint density at radius 1 is 1.24 bits per heavy atom. The van der Waals surface area contributed by atoms with Crippen LogP contribution in [-0.4, -0.2) is 19.1 Å². The molecule has 88 valence electrons. The summed E-state index contributed by atoms with van der Waals surface area (Å²) in [5.74, 6) is 0.843.